The topological polar surface area (TPSA) is 159 Å². The number of nitrogens with zero attached hydrogens (tertiary/aromatic N) is 6. The van der Waals surface area contributed by atoms with Crippen molar-refractivity contribution in [1.29, 1.82) is 5.26 Å². The Morgan fingerprint density at radius 3 is 2.82 bits per heavy atom. The fourth-order valence-electron chi connectivity index (χ4n) is 4.94. The molecule has 1 aliphatic heterocycles. The highest BCUT2D eigenvalue weighted by molar-refractivity contribution is 5.96. The van der Waals surface area contributed by atoms with Crippen LogP contribution < -0.4 is 21.7 Å². The molecule has 1 aromatic carbocycles. The molecule has 0 radical (unpaired) electrons. The van der Waals surface area contributed by atoms with Gasteiger partial charge in [-0.1, -0.05) is 0 Å². The van der Waals surface area contributed by atoms with Gasteiger partial charge in [0.05, 0.1) is 17.3 Å². The fraction of sp³-hybridized carbons (Fsp3) is 0.357. The van der Waals surface area contributed by atoms with Gasteiger partial charge in [0.25, 0.3) is 5.91 Å². The van der Waals surface area contributed by atoms with E-state index < -0.39 is 6.04 Å². The minimum absolute atomic E-state index is 0.0868. The molecule has 4 heterocycles. The lowest BCUT2D eigenvalue weighted by Gasteiger charge is -2.22. The second-order valence-electron chi connectivity index (χ2n) is 10.1. The van der Waals surface area contributed by atoms with E-state index in [9.17, 15) is 10.1 Å². The highest BCUT2D eigenvalue weighted by Gasteiger charge is 2.20. The molecule has 11 heteroatoms. The molecule has 0 unspecified atom stereocenters. The number of hydrogen-bond donors (Lipinski definition) is 4. The zero-order chi connectivity index (χ0) is 27.5. The van der Waals surface area contributed by atoms with Crippen LogP contribution in [-0.4, -0.2) is 50.1 Å². The number of hydrogen-bond acceptors (Lipinski definition) is 9. The van der Waals surface area contributed by atoms with E-state index in [1.807, 2.05) is 57.3 Å². The predicted molar refractivity (Wildman–Crippen MR) is 149 cm³/mol. The summed E-state index contributed by atoms with van der Waals surface area (Å²) in [5.74, 6) is 1.32. The first-order valence-corrected chi connectivity index (χ1v) is 13.1. The van der Waals surface area contributed by atoms with Crippen LogP contribution in [0.15, 0.2) is 36.8 Å². The Morgan fingerprint density at radius 1 is 1.26 bits per heavy atom. The van der Waals surface area contributed by atoms with Crippen molar-refractivity contribution in [3.63, 3.8) is 0 Å². The number of carbonyl (C=O) groups is 1. The Bertz CT molecular complexity index is 1560. The number of aryl methyl sites for hydroxylation is 2. The molecule has 11 nitrogen and oxygen atoms in total. The van der Waals surface area contributed by atoms with Crippen LogP contribution in [0.2, 0.25) is 0 Å². The molecule has 5 rings (SSSR count). The van der Waals surface area contributed by atoms with E-state index in [2.05, 4.69) is 25.9 Å². The number of carbonyl (C=O) groups excluding carboxylic acids is 1. The van der Waals surface area contributed by atoms with Crippen molar-refractivity contribution in [2.75, 3.05) is 30.7 Å². The largest absolute Gasteiger partial charge is 0.382 e. The maximum atomic E-state index is 13.1. The van der Waals surface area contributed by atoms with E-state index in [0.29, 0.717) is 29.7 Å². The molecule has 1 saturated heterocycles. The molecule has 200 valence electrons. The average Bonchev–Trinajstić information content (AvgIpc) is 3.32. The average molecular weight is 525 g/mol. The van der Waals surface area contributed by atoms with Crippen LogP contribution in [0.4, 0.5) is 11.6 Å². The summed E-state index contributed by atoms with van der Waals surface area (Å²) in [6.07, 6.45) is 5.33. The van der Waals surface area contributed by atoms with Gasteiger partial charge in [-0.05, 0) is 88.0 Å². The lowest BCUT2D eigenvalue weighted by atomic mass is 9.98. The number of nitriles is 1. The SMILES string of the molecule is Cc1cc(C(=O)NCC2CCNCC2)cc(-c2nc([C@H](C)Nc3ncnc(N)c3C#N)nn3ccc(C)c23)c1. The summed E-state index contributed by atoms with van der Waals surface area (Å²) in [6, 6.07) is 9.44. The van der Waals surface area contributed by atoms with E-state index in [-0.39, 0.29) is 17.3 Å². The van der Waals surface area contributed by atoms with Crippen LogP contribution in [0.25, 0.3) is 16.8 Å². The number of nitrogens with two attached hydrogens (primary N) is 1. The van der Waals surface area contributed by atoms with Crippen LogP contribution in [0.5, 0.6) is 0 Å². The van der Waals surface area contributed by atoms with Gasteiger partial charge in [-0.25, -0.2) is 19.5 Å². The molecule has 0 aliphatic carbocycles. The number of benzene rings is 1. The van der Waals surface area contributed by atoms with Crippen molar-refractivity contribution in [3.05, 3.63) is 64.9 Å². The van der Waals surface area contributed by atoms with Gasteiger partial charge in [0, 0.05) is 23.9 Å². The Labute approximate surface area is 226 Å². The number of aromatic nitrogens is 5. The van der Waals surface area contributed by atoms with E-state index in [1.54, 1.807) is 4.52 Å². The number of piperidine rings is 1. The Balaban J connectivity index is 1.48. The smallest absolute Gasteiger partial charge is 0.251 e. The summed E-state index contributed by atoms with van der Waals surface area (Å²) in [7, 11) is 0. The third-order valence-corrected chi connectivity index (χ3v) is 7.08. The lowest BCUT2D eigenvalue weighted by molar-refractivity contribution is 0.0944. The summed E-state index contributed by atoms with van der Waals surface area (Å²) in [6.45, 7) is 8.53. The standard InChI is InChI=1S/C28H32N10O/c1-16-10-20(12-21(11-16)28(39)32-14-19-4-7-31-8-5-19)23-24-17(2)6-9-38(24)37-26(36-23)18(3)35-27-22(13-29)25(30)33-15-34-27/h6,9-12,15,18-19,31H,4-5,7-8,14H2,1-3H3,(H,32,39)(H3,30,33,34,35)/t18-/m0/s1. The summed E-state index contributed by atoms with van der Waals surface area (Å²) in [5, 5.41) is 23.9. The predicted octanol–water partition coefficient (Wildman–Crippen LogP) is 3.16. The Hall–Kier alpha value is -4.56. The Morgan fingerprint density at radius 2 is 2.05 bits per heavy atom. The van der Waals surface area contributed by atoms with Crippen LogP contribution in [0.3, 0.4) is 0 Å². The molecule has 0 saturated carbocycles. The monoisotopic (exact) mass is 524 g/mol. The summed E-state index contributed by atoms with van der Waals surface area (Å²) >= 11 is 0. The summed E-state index contributed by atoms with van der Waals surface area (Å²) in [5.41, 5.74) is 11.0. The number of anilines is 2. The number of nitrogens with one attached hydrogen (secondary N) is 3. The quantitative estimate of drug-likeness (QED) is 0.285. The van der Waals surface area contributed by atoms with Crippen molar-refractivity contribution in [3.8, 4) is 17.3 Å². The van der Waals surface area contributed by atoms with Gasteiger partial charge in [0.15, 0.2) is 5.82 Å². The normalized spacial score (nSPS) is 14.6. The van der Waals surface area contributed by atoms with Crippen molar-refractivity contribution in [2.45, 2.75) is 39.7 Å². The molecule has 4 aromatic rings. The third-order valence-electron chi connectivity index (χ3n) is 7.08. The highest BCUT2D eigenvalue weighted by atomic mass is 16.1. The van der Waals surface area contributed by atoms with E-state index in [4.69, 9.17) is 15.8 Å². The maximum absolute atomic E-state index is 13.1. The zero-order valence-electron chi connectivity index (χ0n) is 22.3. The second kappa shape index (κ2) is 11.0. The number of fused-ring (bicyclic) bond motifs is 1. The molecule has 1 amide bonds. The third kappa shape index (κ3) is 5.51. The lowest BCUT2D eigenvalue weighted by Crippen LogP contribution is -2.36. The van der Waals surface area contributed by atoms with Gasteiger partial charge in [-0.3, -0.25) is 4.79 Å². The molecule has 1 atom stereocenters. The molecule has 0 bridgehead atoms. The van der Waals surface area contributed by atoms with Gasteiger partial charge in [0.2, 0.25) is 0 Å². The van der Waals surface area contributed by atoms with Crippen LogP contribution in [0.1, 0.15) is 58.7 Å². The number of rotatable bonds is 7. The molecule has 0 spiro atoms. The minimum atomic E-state index is -0.408. The van der Waals surface area contributed by atoms with Gasteiger partial charge < -0.3 is 21.7 Å². The van der Waals surface area contributed by atoms with Gasteiger partial charge in [-0.2, -0.15) is 10.4 Å². The van der Waals surface area contributed by atoms with Crippen LogP contribution in [0, 0.1) is 31.1 Å². The minimum Gasteiger partial charge on any atom is -0.382 e. The van der Waals surface area contributed by atoms with Crippen molar-refractivity contribution < 1.29 is 4.79 Å². The van der Waals surface area contributed by atoms with E-state index >= 15 is 0 Å². The van der Waals surface area contributed by atoms with Gasteiger partial charge in [0.1, 0.15) is 29.6 Å². The van der Waals surface area contributed by atoms with Gasteiger partial charge in [-0.15, -0.1) is 0 Å². The summed E-state index contributed by atoms with van der Waals surface area (Å²) < 4.78 is 1.80. The van der Waals surface area contributed by atoms with Crippen molar-refractivity contribution in [2.24, 2.45) is 5.92 Å². The first kappa shape index (κ1) is 26.1. The summed E-state index contributed by atoms with van der Waals surface area (Å²) in [4.78, 5) is 26.2. The van der Waals surface area contributed by atoms with Crippen LogP contribution in [-0.2, 0) is 0 Å². The van der Waals surface area contributed by atoms with Crippen molar-refractivity contribution >= 4 is 23.1 Å². The molecular weight excluding hydrogens is 492 g/mol. The first-order chi connectivity index (χ1) is 18.8. The molecular formula is C28H32N10O. The maximum Gasteiger partial charge on any atom is 0.251 e. The molecule has 1 fully saturated rings. The highest BCUT2D eigenvalue weighted by Crippen LogP contribution is 2.29. The second-order valence-corrected chi connectivity index (χ2v) is 10.1. The number of amides is 1. The van der Waals surface area contributed by atoms with Gasteiger partial charge >= 0.3 is 0 Å². The first-order valence-electron chi connectivity index (χ1n) is 13.1. The fourth-order valence-corrected chi connectivity index (χ4v) is 4.94. The Kier molecular flexibility index (Phi) is 7.38. The molecule has 3 aromatic heterocycles. The number of nitrogen functional groups attached to an aromatic ring is 1. The molecule has 39 heavy (non-hydrogen) atoms. The molecule has 1 aliphatic rings. The van der Waals surface area contributed by atoms with Crippen molar-refractivity contribution in [1.82, 2.24) is 35.2 Å². The van der Waals surface area contributed by atoms with E-state index in [0.717, 1.165) is 53.8 Å². The van der Waals surface area contributed by atoms with Crippen LogP contribution >= 0.6 is 0 Å². The zero-order valence-corrected chi connectivity index (χ0v) is 22.3. The van der Waals surface area contributed by atoms with E-state index in [1.165, 1.54) is 6.33 Å². The molecule has 5 N–H and O–H groups in total.